The Kier molecular flexibility index (Phi) is 5.53. The molecule has 1 atom stereocenters. The molecule has 17 heavy (non-hydrogen) atoms. The van der Waals surface area contributed by atoms with Crippen molar-refractivity contribution in [2.45, 2.75) is 39.7 Å². The van der Waals surface area contributed by atoms with Gasteiger partial charge in [0.05, 0.1) is 6.04 Å². The maximum atomic E-state index is 11.5. The lowest BCUT2D eigenvalue weighted by Gasteiger charge is -2.15. The van der Waals surface area contributed by atoms with Crippen molar-refractivity contribution in [2.75, 3.05) is 6.54 Å². The lowest BCUT2D eigenvalue weighted by molar-refractivity contribution is 0.238. The van der Waals surface area contributed by atoms with Crippen molar-refractivity contribution in [3.05, 3.63) is 35.4 Å². The first-order valence-corrected chi connectivity index (χ1v) is 6.24. The molecule has 2 N–H and O–H groups in total. The van der Waals surface area contributed by atoms with Crippen LogP contribution in [-0.4, -0.2) is 12.6 Å². The molecule has 0 saturated carbocycles. The molecule has 0 aliphatic carbocycles. The molecule has 1 rings (SSSR count). The first-order valence-electron chi connectivity index (χ1n) is 6.24. The van der Waals surface area contributed by atoms with Crippen molar-refractivity contribution in [1.29, 1.82) is 0 Å². The van der Waals surface area contributed by atoms with Crippen LogP contribution in [0.5, 0.6) is 0 Å². The number of hydrogen-bond donors (Lipinski definition) is 2. The van der Waals surface area contributed by atoms with Crippen LogP contribution in [0.3, 0.4) is 0 Å². The molecular formula is C14H22N2O. The molecule has 2 amide bonds. The minimum atomic E-state index is -0.0912. The second-order valence-corrected chi connectivity index (χ2v) is 4.39. The van der Waals surface area contributed by atoms with Gasteiger partial charge in [-0.3, -0.25) is 0 Å². The third kappa shape index (κ3) is 4.89. The molecule has 94 valence electrons. The molecule has 1 aromatic rings. The Hall–Kier alpha value is -1.51. The van der Waals surface area contributed by atoms with E-state index in [4.69, 9.17) is 0 Å². The van der Waals surface area contributed by atoms with Gasteiger partial charge in [-0.05, 0) is 25.8 Å². The van der Waals surface area contributed by atoms with E-state index in [2.05, 4.69) is 36.6 Å². The minimum Gasteiger partial charge on any atom is -0.338 e. The highest BCUT2D eigenvalue weighted by Gasteiger charge is 2.08. The summed E-state index contributed by atoms with van der Waals surface area (Å²) in [5.41, 5.74) is 2.36. The quantitative estimate of drug-likeness (QED) is 0.755. The molecule has 1 unspecified atom stereocenters. The summed E-state index contributed by atoms with van der Waals surface area (Å²) in [6, 6.07) is 8.16. The molecular weight excluding hydrogens is 212 g/mol. The number of aryl methyl sites for hydroxylation is 1. The van der Waals surface area contributed by atoms with Crippen LogP contribution in [0.2, 0.25) is 0 Å². The number of carbonyl (C=O) groups is 1. The van der Waals surface area contributed by atoms with E-state index >= 15 is 0 Å². The predicted molar refractivity (Wildman–Crippen MR) is 71.0 cm³/mol. The zero-order valence-corrected chi connectivity index (χ0v) is 10.9. The molecule has 0 aliphatic rings. The lowest BCUT2D eigenvalue weighted by Crippen LogP contribution is -2.37. The minimum absolute atomic E-state index is 0.0391. The third-order valence-corrected chi connectivity index (χ3v) is 2.74. The number of amides is 2. The average molecular weight is 234 g/mol. The SMILES string of the molecule is CCCCNC(=O)NC(C)c1ccc(C)cc1. The molecule has 0 bridgehead atoms. The zero-order chi connectivity index (χ0) is 12.7. The van der Waals surface area contributed by atoms with E-state index in [1.165, 1.54) is 5.56 Å². The van der Waals surface area contributed by atoms with Gasteiger partial charge in [-0.2, -0.15) is 0 Å². The zero-order valence-electron chi connectivity index (χ0n) is 10.9. The van der Waals surface area contributed by atoms with Gasteiger partial charge in [-0.25, -0.2) is 4.79 Å². The molecule has 1 aromatic carbocycles. The smallest absolute Gasteiger partial charge is 0.315 e. The fourth-order valence-electron chi connectivity index (χ4n) is 1.56. The van der Waals surface area contributed by atoms with Gasteiger partial charge in [-0.1, -0.05) is 43.2 Å². The highest BCUT2D eigenvalue weighted by Crippen LogP contribution is 2.12. The van der Waals surface area contributed by atoms with Gasteiger partial charge >= 0.3 is 6.03 Å². The molecule has 3 heteroatoms. The summed E-state index contributed by atoms with van der Waals surface area (Å²) in [5, 5.41) is 5.77. The molecule has 0 aromatic heterocycles. The Balaban J connectivity index is 2.40. The van der Waals surface area contributed by atoms with Crippen molar-refractivity contribution < 1.29 is 4.79 Å². The number of unbranched alkanes of at least 4 members (excludes halogenated alkanes) is 1. The first kappa shape index (κ1) is 13.6. The number of hydrogen-bond acceptors (Lipinski definition) is 1. The van der Waals surface area contributed by atoms with E-state index in [9.17, 15) is 4.79 Å². The van der Waals surface area contributed by atoms with Gasteiger partial charge in [0.1, 0.15) is 0 Å². The van der Waals surface area contributed by atoms with Gasteiger partial charge in [0.2, 0.25) is 0 Å². The topological polar surface area (TPSA) is 41.1 Å². The van der Waals surface area contributed by atoms with Crippen LogP contribution in [0, 0.1) is 6.92 Å². The van der Waals surface area contributed by atoms with E-state index in [0.717, 1.165) is 24.9 Å². The van der Waals surface area contributed by atoms with Crippen molar-refractivity contribution >= 4 is 6.03 Å². The van der Waals surface area contributed by atoms with Gasteiger partial charge < -0.3 is 10.6 Å². The normalized spacial score (nSPS) is 11.9. The molecule has 3 nitrogen and oxygen atoms in total. The summed E-state index contributed by atoms with van der Waals surface area (Å²) >= 11 is 0. The fourth-order valence-corrected chi connectivity index (χ4v) is 1.56. The van der Waals surface area contributed by atoms with Crippen LogP contribution in [0.4, 0.5) is 4.79 Å². The Morgan fingerprint density at radius 2 is 1.94 bits per heavy atom. The predicted octanol–water partition coefficient (Wildman–Crippen LogP) is 3.16. The van der Waals surface area contributed by atoms with Gasteiger partial charge in [0.25, 0.3) is 0 Å². The van der Waals surface area contributed by atoms with Crippen molar-refractivity contribution in [1.82, 2.24) is 10.6 Å². The lowest BCUT2D eigenvalue weighted by atomic mass is 10.1. The number of nitrogens with one attached hydrogen (secondary N) is 2. The second kappa shape index (κ2) is 6.94. The average Bonchev–Trinajstić information content (AvgIpc) is 2.30. The van der Waals surface area contributed by atoms with E-state index < -0.39 is 0 Å². The largest absolute Gasteiger partial charge is 0.338 e. The summed E-state index contributed by atoms with van der Waals surface area (Å²) in [6.45, 7) is 6.89. The standard InChI is InChI=1S/C14H22N2O/c1-4-5-10-15-14(17)16-12(3)13-8-6-11(2)7-9-13/h6-9,12H,4-5,10H2,1-3H3,(H2,15,16,17). The second-order valence-electron chi connectivity index (χ2n) is 4.39. The van der Waals surface area contributed by atoms with Crippen LogP contribution in [0.1, 0.15) is 43.9 Å². The third-order valence-electron chi connectivity index (χ3n) is 2.74. The van der Waals surface area contributed by atoms with Crippen molar-refractivity contribution in [2.24, 2.45) is 0 Å². The number of urea groups is 1. The highest BCUT2D eigenvalue weighted by atomic mass is 16.2. The summed E-state index contributed by atoms with van der Waals surface area (Å²) in [6.07, 6.45) is 2.11. The Morgan fingerprint density at radius 3 is 2.53 bits per heavy atom. The van der Waals surface area contributed by atoms with Crippen LogP contribution >= 0.6 is 0 Å². The van der Waals surface area contributed by atoms with Crippen LogP contribution in [0.15, 0.2) is 24.3 Å². The van der Waals surface area contributed by atoms with Crippen molar-refractivity contribution in [3.63, 3.8) is 0 Å². The number of rotatable bonds is 5. The monoisotopic (exact) mass is 234 g/mol. The van der Waals surface area contributed by atoms with Crippen LogP contribution < -0.4 is 10.6 Å². The summed E-state index contributed by atoms with van der Waals surface area (Å²) in [7, 11) is 0. The maximum Gasteiger partial charge on any atom is 0.315 e. The summed E-state index contributed by atoms with van der Waals surface area (Å²) < 4.78 is 0. The van der Waals surface area contributed by atoms with Crippen LogP contribution in [0.25, 0.3) is 0 Å². The van der Waals surface area contributed by atoms with E-state index in [0.29, 0.717) is 0 Å². The van der Waals surface area contributed by atoms with E-state index in [1.54, 1.807) is 0 Å². The molecule has 0 heterocycles. The molecule has 0 radical (unpaired) electrons. The molecule has 0 saturated heterocycles. The Bertz CT molecular complexity index is 346. The van der Waals surface area contributed by atoms with Crippen molar-refractivity contribution in [3.8, 4) is 0 Å². The van der Waals surface area contributed by atoms with Gasteiger partial charge in [-0.15, -0.1) is 0 Å². The summed E-state index contributed by atoms with van der Waals surface area (Å²) in [5.74, 6) is 0. The first-order chi connectivity index (χ1) is 8.13. The Labute approximate surface area is 104 Å². The fraction of sp³-hybridized carbons (Fsp3) is 0.500. The molecule has 0 fully saturated rings. The van der Waals surface area contributed by atoms with E-state index in [-0.39, 0.29) is 12.1 Å². The Morgan fingerprint density at radius 1 is 1.29 bits per heavy atom. The summed E-state index contributed by atoms with van der Waals surface area (Å²) in [4.78, 5) is 11.5. The number of benzene rings is 1. The van der Waals surface area contributed by atoms with Gasteiger partial charge in [0.15, 0.2) is 0 Å². The van der Waals surface area contributed by atoms with E-state index in [1.807, 2.05) is 19.1 Å². The number of carbonyl (C=O) groups excluding carboxylic acids is 1. The van der Waals surface area contributed by atoms with Crippen LogP contribution in [-0.2, 0) is 0 Å². The highest BCUT2D eigenvalue weighted by molar-refractivity contribution is 5.74. The van der Waals surface area contributed by atoms with Gasteiger partial charge in [0, 0.05) is 6.54 Å². The molecule has 0 spiro atoms. The maximum absolute atomic E-state index is 11.5. The molecule has 0 aliphatic heterocycles.